The van der Waals surface area contributed by atoms with Gasteiger partial charge in [-0.25, -0.2) is 8.42 Å². The Bertz CT molecular complexity index is 258. The molecule has 0 spiro atoms. The van der Waals surface area contributed by atoms with E-state index in [9.17, 15) is 8.42 Å². The molecule has 1 rings (SSSR count). The van der Waals surface area contributed by atoms with Crippen LogP contribution in [-0.2, 0) is 10.0 Å². The molecule has 0 aromatic rings. The second-order valence-electron chi connectivity index (χ2n) is 3.52. The van der Waals surface area contributed by atoms with Crippen molar-refractivity contribution < 1.29 is 8.42 Å². The maximum absolute atomic E-state index is 11.4. The van der Waals surface area contributed by atoms with Crippen LogP contribution in [0.4, 0.5) is 0 Å². The van der Waals surface area contributed by atoms with E-state index in [1.165, 1.54) is 4.31 Å². The van der Waals surface area contributed by atoms with E-state index >= 15 is 0 Å². The molecule has 0 bridgehead atoms. The van der Waals surface area contributed by atoms with E-state index in [4.69, 9.17) is 5.73 Å². The summed E-state index contributed by atoms with van der Waals surface area (Å²) in [6, 6.07) is 0. The molecule has 1 aliphatic rings. The summed E-state index contributed by atoms with van der Waals surface area (Å²) >= 11 is 0. The van der Waals surface area contributed by atoms with Crippen molar-refractivity contribution in [2.24, 2.45) is 5.73 Å². The van der Waals surface area contributed by atoms with Crippen molar-refractivity contribution in [3.63, 3.8) is 0 Å². The molecule has 1 aliphatic heterocycles. The van der Waals surface area contributed by atoms with Gasteiger partial charge in [-0.15, -0.1) is 0 Å². The van der Waals surface area contributed by atoms with Crippen LogP contribution in [0.5, 0.6) is 0 Å². The van der Waals surface area contributed by atoms with Gasteiger partial charge < -0.3 is 10.6 Å². The first-order valence-electron chi connectivity index (χ1n) is 5.00. The van der Waals surface area contributed by atoms with Gasteiger partial charge in [0, 0.05) is 26.2 Å². The molecule has 1 heterocycles. The van der Waals surface area contributed by atoms with Gasteiger partial charge in [-0.2, -0.15) is 4.31 Å². The van der Waals surface area contributed by atoms with Gasteiger partial charge in [0.15, 0.2) is 0 Å². The van der Waals surface area contributed by atoms with Crippen molar-refractivity contribution in [1.82, 2.24) is 9.21 Å². The maximum atomic E-state index is 11.4. The fourth-order valence-electron chi connectivity index (χ4n) is 1.65. The minimum Gasteiger partial charge on any atom is -0.317 e. The van der Waals surface area contributed by atoms with Crippen LogP contribution in [0.2, 0.25) is 0 Å². The van der Waals surface area contributed by atoms with E-state index in [2.05, 4.69) is 11.8 Å². The van der Waals surface area contributed by atoms with E-state index < -0.39 is 10.0 Å². The number of hydrogen-bond acceptors (Lipinski definition) is 4. The topological polar surface area (TPSA) is 66.6 Å². The van der Waals surface area contributed by atoms with Gasteiger partial charge >= 0.3 is 0 Å². The Hall–Kier alpha value is -0.170. The summed E-state index contributed by atoms with van der Waals surface area (Å²) in [4.78, 5) is 2.28. The summed E-state index contributed by atoms with van der Waals surface area (Å²) in [5, 5.41) is 0. The third-order valence-corrected chi connectivity index (χ3v) is 4.05. The zero-order valence-electron chi connectivity index (χ0n) is 8.65. The molecule has 5 nitrogen and oxygen atoms in total. The molecule has 1 saturated heterocycles. The number of sulfonamides is 1. The van der Waals surface area contributed by atoms with Gasteiger partial charge in [0.05, 0.1) is 0 Å². The standard InChI is InChI=1S/C8H19N3O2S/c1-2-3-10-4-6-11(7-5-10)14(12,13)8-9/h2-9H2,1H3. The summed E-state index contributed by atoms with van der Waals surface area (Å²) in [6.07, 6.45) is 1.11. The van der Waals surface area contributed by atoms with Crippen molar-refractivity contribution in [2.75, 3.05) is 38.6 Å². The maximum Gasteiger partial charge on any atom is 0.227 e. The summed E-state index contributed by atoms with van der Waals surface area (Å²) in [7, 11) is -3.18. The molecule has 1 fully saturated rings. The van der Waals surface area contributed by atoms with E-state index in [1.54, 1.807) is 0 Å². The number of rotatable bonds is 4. The SMILES string of the molecule is CCCN1CCN(S(=O)(=O)CN)CC1. The fourth-order valence-corrected chi connectivity index (χ4v) is 2.58. The van der Waals surface area contributed by atoms with Crippen LogP contribution in [0.3, 0.4) is 0 Å². The van der Waals surface area contributed by atoms with Gasteiger partial charge in [-0.3, -0.25) is 0 Å². The van der Waals surface area contributed by atoms with Crippen LogP contribution in [0.1, 0.15) is 13.3 Å². The van der Waals surface area contributed by atoms with E-state index in [0.29, 0.717) is 13.1 Å². The molecule has 0 amide bonds. The van der Waals surface area contributed by atoms with E-state index in [0.717, 1.165) is 26.1 Å². The Morgan fingerprint density at radius 2 is 1.79 bits per heavy atom. The summed E-state index contributed by atoms with van der Waals surface area (Å²) in [5.41, 5.74) is 5.19. The van der Waals surface area contributed by atoms with Crippen LogP contribution < -0.4 is 5.73 Å². The van der Waals surface area contributed by atoms with Crippen molar-refractivity contribution in [2.45, 2.75) is 13.3 Å². The highest BCUT2D eigenvalue weighted by Crippen LogP contribution is 2.06. The largest absolute Gasteiger partial charge is 0.317 e. The Morgan fingerprint density at radius 3 is 2.21 bits per heavy atom. The molecular weight excluding hydrogens is 202 g/mol. The van der Waals surface area contributed by atoms with E-state index in [1.807, 2.05) is 0 Å². The Morgan fingerprint density at radius 1 is 1.21 bits per heavy atom. The van der Waals surface area contributed by atoms with Crippen LogP contribution in [0.25, 0.3) is 0 Å². The highest BCUT2D eigenvalue weighted by molar-refractivity contribution is 7.89. The fraction of sp³-hybridized carbons (Fsp3) is 1.00. The number of nitrogens with two attached hydrogens (primary N) is 1. The van der Waals surface area contributed by atoms with Crippen LogP contribution >= 0.6 is 0 Å². The summed E-state index contributed by atoms with van der Waals surface area (Å²) in [6.45, 7) is 6.00. The Balaban J connectivity index is 2.43. The lowest BCUT2D eigenvalue weighted by Crippen LogP contribution is -2.50. The molecule has 0 aromatic carbocycles. The van der Waals surface area contributed by atoms with Gasteiger partial charge in [-0.1, -0.05) is 6.92 Å². The molecule has 2 N–H and O–H groups in total. The quantitative estimate of drug-likeness (QED) is 0.679. The third kappa shape index (κ3) is 2.91. The first-order valence-corrected chi connectivity index (χ1v) is 6.61. The third-order valence-electron chi connectivity index (χ3n) is 2.48. The summed E-state index contributed by atoms with van der Waals surface area (Å²) < 4.78 is 24.3. The molecule has 0 radical (unpaired) electrons. The number of hydrogen-bond donors (Lipinski definition) is 1. The first-order chi connectivity index (χ1) is 6.60. The monoisotopic (exact) mass is 221 g/mol. The average molecular weight is 221 g/mol. The van der Waals surface area contributed by atoms with Gasteiger partial charge in [-0.05, 0) is 13.0 Å². The molecule has 0 atom stereocenters. The Labute approximate surface area is 85.9 Å². The second kappa shape index (κ2) is 5.06. The van der Waals surface area contributed by atoms with Gasteiger partial charge in [0.1, 0.15) is 5.88 Å². The predicted octanol–water partition coefficient (Wildman–Crippen LogP) is -0.740. The first kappa shape index (κ1) is 11.9. The van der Waals surface area contributed by atoms with Crippen LogP contribution in [0.15, 0.2) is 0 Å². The van der Waals surface area contributed by atoms with Gasteiger partial charge in [0.2, 0.25) is 10.0 Å². The molecule has 6 heteroatoms. The van der Waals surface area contributed by atoms with Crippen molar-refractivity contribution in [3.05, 3.63) is 0 Å². The molecule has 0 unspecified atom stereocenters. The molecule has 0 aliphatic carbocycles. The smallest absolute Gasteiger partial charge is 0.227 e. The molecule has 84 valence electrons. The van der Waals surface area contributed by atoms with Gasteiger partial charge in [0.25, 0.3) is 0 Å². The lowest BCUT2D eigenvalue weighted by Gasteiger charge is -2.33. The minimum absolute atomic E-state index is 0.277. The number of piperazine rings is 1. The minimum atomic E-state index is -3.18. The zero-order chi connectivity index (χ0) is 10.6. The molecule has 0 saturated carbocycles. The molecule has 0 aromatic heterocycles. The van der Waals surface area contributed by atoms with Crippen molar-refractivity contribution >= 4 is 10.0 Å². The van der Waals surface area contributed by atoms with Crippen molar-refractivity contribution in [1.29, 1.82) is 0 Å². The second-order valence-corrected chi connectivity index (χ2v) is 5.53. The Kier molecular flexibility index (Phi) is 4.31. The van der Waals surface area contributed by atoms with Crippen LogP contribution in [-0.4, -0.2) is 56.2 Å². The average Bonchev–Trinajstić information content (AvgIpc) is 2.19. The highest BCUT2D eigenvalue weighted by atomic mass is 32.2. The normalized spacial score (nSPS) is 21.3. The predicted molar refractivity (Wildman–Crippen MR) is 56.3 cm³/mol. The molecule has 14 heavy (non-hydrogen) atoms. The van der Waals surface area contributed by atoms with Crippen molar-refractivity contribution in [3.8, 4) is 0 Å². The molecular formula is C8H19N3O2S. The van der Waals surface area contributed by atoms with E-state index in [-0.39, 0.29) is 5.88 Å². The highest BCUT2D eigenvalue weighted by Gasteiger charge is 2.24. The van der Waals surface area contributed by atoms with Crippen LogP contribution in [0, 0.1) is 0 Å². The zero-order valence-corrected chi connectivity index (χ0v) is 9.46. The lowest BCUT2D eigenvalue weighted by atomic mass is 10.3. The lowest BCUT2D eigenvalue weighted by molar-refractivity contribution is 0.189. The number of nitrogens with zero attached hydrogens (tertiary/aromatic N) is 2. The summed E-state index contributed by atoms with van der Waals surface area (Å²) in [5.74, 6) is -0.277.